The van der Waals surface area contributed by atoms with Crippen LogP contribution in [0.3, 0.4) is 0 Å². The molecule has 6 nitrogen and oxygen atoms in total. The van der Waals surface area contributed by atoms with Crippen molar-refractivity contribution in [2.45, 2.75) is 29.6 Å². The van der Waals surface area contributed by atoms with Gasteiger partial charge in [-0.1, -0.05) is 6.07 Å². The van der Waals surface area contributed by atoms with Crippen molar-refractivity contribution < 1.29 is 17.9 Å². The van der Waals surface area contributed by atoms with E-state index in [2.05, 4.69) is 4.72 Å². The summed E-state index contributed by atoms with van der Waals surface area (Å²) in [5, 5.41) is 1.73. The molecule has 2 aliphatic heterocycles. The molecule has 1 amide bonds. The quantitative estimate of drug-likeness (QED) is 0.887. The highest BCUT2D eigenvalue weighted by Crippen LogP contribution is 2.33. The number of carbonyl (C=O) groups is 1. The Labute approximate surface area is 150 Å². The highest BCUT2D eigenvalue weighted by Gasteiger charge is 2.32. The molecule has 0 bridgehead atoms. The van der Waals surface area contributed by atoms with Crippen molar-refractivity contribution in [3.05, 3.63) is 41.3 Å². The van der Waals surface area contributed by atoms with Crippen LogP contribution in [0.1, 0.15) is 18.4 Å². The largest absolute Gasteiger partial charge is 0.368 e. The number of hydrogen-bond donors (Lipinski definition) is 1. The number of amides is 1. The molecule has 1 N–H and O–H groups in total. The second-order valence-electron chi connectivity index (χ2n) is 6.12. The van der Waals surface area contributed by atoms with Crippen LogP contribution < -0.4 is 9.62 Å². The summed E-state index contributed by atoms with van der Waals surface area (Å²) in [5.74, 6) is 0.00293. The van der Waals surface area contributed by atoms with Gasteiger partial charge in [0, 0.05) is 24.5 Å². The fraction of sp³-hybridized carbons (Fsp3) is 0.353. The lowest BCUT2D eigenvalue weighted by molar-refractivity contribution is -0.127. The molecule has 2 aromatic rings. The van der Waals surface area contributed by atoms with Crippen LogP contribution in [0.4, 0.5) is 11.4 Å². The average Bonchev–Trinajstić information content (AvgIpc) is 3.33. The summed E-state index contributed by atoms with van der Waals surface area (Å²) >= 11 is 1.18. The molecule has 1 saturated heterocycles. The van der Waals surface area contributed by atoms with Crippen molar-refractivity contribution in [1.82, 2.24) is 0 Å². The fourth-order valence-corrected chi connectivity index (χ4v) is 5.30. The second-order valence-corrected chi connectivity index (χ2v) is 8.98. The van der Waals surface area contributed by atoms with E-state index < -0.39 is 10.0 Å². The monoisotopic (exact) mass is 378 g/mol. The molecule has 1 unspecified atom stereocenters. The number of nitrogens with zero attached hydrogens (tertiary/aromatic N) is 1. The molecular formula is C17H18N2O4S2. The van der Waals surface area contributed by atoms with Gasteiger partial charge in [0.15, 0.2) is 0 Å². The number of hydrogen-bond acceptors (Lipinski definition) is 5. The lowest BCUT2D eigenvalue weighted by atomic mass is 10.1. The molecule has 3 heterocycles. The Hall–Kier alpha value is -1.90. The van der Waals surface area contributed by atoms with Crippen LogP contribution in [0.2, 0.25) is 0 Å². The number of thiophene rings is 1. The molecule has 0 aliphatic carbocycles. The number of fused-ring (bicyclic) bond motifs is 1. The van der Waals surface area contributed by atoms with Crippen LogP contribution in [0.25, 0.3) is 0 Å². The highest BCUT2D eigenvalue weighted by molar-refractivity contribution is 7.94. The first-order chi connectivity index (χ1) is 12.0. The molecule has 4 rings (SSSR count). The van der Waals surface area contributed by atoms with E-state index in [9.17, 15) is 13.2 Å². The Balaban J connectivity index is 1.54. The minimum absolute atomic E-state index is 0.00293. The Morgan fingerprint density at radius 1 is 1.32 bits per heavy atom. The molecule has 0 saturated carbocycles. The lowest BCUT2D eigenvalue weighted by Gasteiger charge is -2.21. The smallest absolute Gasteiger partial charge is 0.271 e. The van der Waals surface area contributed by atoms with E-state index in [1.165, 1.54) is 11.3 Å². The van der Waals surface area contributed by atoms with Gasteiger partial charge in [-0.3, -0.25) is 9.52 Å². The average molecular weight is 378 g/mol. The summed E-state index contributed by atoms with van der Waals surface area (Å²) in [6.07, 6.45) is 2.05. The first-order valence-corrected chi connectivity index (χ1v) is 10.5. The molecule has 8 heteroatoms. The molecule has 1 aromatic heterocycles. The minimum Gasteiger partial charge on any atom is -0.368 e. The van der Waals surface area contributed by atoms with Gasteiger partial charge >= 0.3 is 0 Å². The standard InChI is InChI=1S/C17H18N2O4S2/c20-17(15-3-1-9-23-15)19-8-7-12-11-13(5-6-14(12)19)18-25(21,22)16-4-2-10-24-16/h2,4-6,10-11,15,18H,1,3,7-9H2. The van der Waals surface area contributed by atoms with Gasteiger partial charge in [0.25, 0.3) is 15.9 Å². The Morgan fingerprint density at radius 2 is 2.20 bits per heavy atom. The van der Waals surface area contributed by atoms with Crippen LogP contribution in [0, 0.1) is 0 Å². The summed E-state index contributed by atoms with van der Waals surface area (Å²) in [6, 6.07) is 8.59. The zero-order chi connectivity index (χ0) is 17.4. The Kier molecular flexibility index (Phi) is 4.26. The third-order valence-corrected chi connectivity index (χ3v) is 7.24. The van der Waals surface area contributed by atoms with E-state index in [4.69, 9.17) is 4.74 Å². The molecule has 1 fully saturated rings. The summed E-state index contributed by atoms with van der Waals surface area (Å²) in [4.78, 5) is 14.3. The van der Waals surface area contributed by atoms with E-state index in [0.717, 1.165) is 24.1 Å². The first-order valence-electron chi connectivity index (χ1n) is 8.17. The van der Waals surface area contributed by atoms with Gasteiger partial charge in [-0.05, 0) is 54.5 Å². The van der Waals surface area contributed by atoms with Crippen LogP contribution >= 0.6 is 11.3 Å². The van der Waals surface area contributed by atoms with Crippen molar-refractivity contribution in [2.24, 2.45) is 0 Å². The van der Waals surface area contributed by atoms with Gasteiger partial charge in [-0.25, -0.2) is 8.42 Å². The van der Waals surface area contributed by atoms with Gasteiger partial charge in [0.1, 0.15) is 10.3 Å². The third kappa shape index (κ3) is 3.17. The summed E-state index contributed by atoms with van der Waals surface area (Å²) in [6.45, 7) is 1.25. The molecule has 25 heavy (non-hydrogen) atoms. The predicted octanol–water partition coefficient (Wildman–Crippen LogP) is 2.62. The number of ether oxygens (including phenoxy) is 1. The van der Waals surface area contributed by atoms with Crippen LogP contribution in [-0.2, 0) is 26.0 Å². The van der Waals surface area contributed by atoms with Gasteiger partial charge in [-0.15, -0.1) is 11.3 Å². The van der Waals surface area contributed by atoms with Crippen molar-refractivity contribution >= 4 is 38.6 Å². The molecule has 132 valence electrons. The molecule has 1 aromatic carbocycles. The van der Waals surface area contributed by atoms with Gasteiger partial charge in [-0.2, -0.15) is 0 Å². The lowest BCUT2D eigenvalue weighted by Crippen LogP contribution is -2.37. The van der Waals surface area contributed by atoms with Crippen molar-refractivity contribution in [2.75, 3.05) is 22.8 Å². The predicted molar refractivity (Wildman–Crippen MR) is 96.6 cm³/mol. The zero-order valence-electron chi connectivity index (χ0n) is 13.5. The number of rotatable bonds is 4. The maximum atomic E-state index is 12.6. The van der Waals surface area contributed by atoms with Crippen molar-refractivity contribution in [3.63, 3.8) is 0 Å². The Bertz CT molecular complexity index is 887. The third-order valence-electron chi connectivity index (χ3n) is 4.46. The first kappa shape index (κ1) is 16.6. The zero-order valence-corrected chi connectivity index (χ0v) is 15.1. The van der Waals surface area contributed by atoms with E-state index in [1.807, 2.05) is 12.1 Å². The highest BCUT2D eigenvalue weighted by atomic mass is 32.2. The van der Waals surface area contributed by atoms with Gasteiger partial charge < -0.3 is 9.64 Å². The number of sulfonamides is 1. The normalized spacial score (nSPS) is 19.8. The maximum absolute atomic E-state index is 12.6. The molecule has 2 aliphatic rings. The molecule has 1 atom stereocenters. The van der Waals surface area contributed by atoms with E-state index >= 15 is 0 Å². The second kappa shape index (κ2) is 6.44. The van der Waals surface area contributed by atoms with E-state index in [0.29, 0.717) is 25.3 Å². The Morgan fingerprint density at radius 3 is 2.92 bits per heavy atom. The maximum Gasteiger partial charge on any atom is 0.271 e. The summed E-state index contributed by atoms with van der Waals surface area (Å²) in [7, 11) is -3.56. The molecular weight excluding hydrogens is 360 g/mol. The molecule has 0 spiro atoms. The number of nitrogens with one attached hydrogen (secondary N) is 1. The SMILES string of the molecule is O=C(C1CCCO1)N1CCc2cc(NS(=O)(=O)c3cccs3)ccc21. The van der Waals surface area contributed by atoms with Crippen LogP contribution in [0.5, 0.6) is 0 Å². The van der Waals surface area contributed by atoms with E-state index in [-0.39, 0.29) is 16.2 Å². The van der Waals surface area contributed by atoms with Gasteiger partial charge in [0.2, 0.25) is 0 Å². The van der Waals surface area contributed by atoms with Crippen LogP contribution in [0.15, 0.2) is 39.9 Å². The van der Waals surface area contributed by atoms with Crippen LogP contribution in [-0.4, -0.2) is 33.6 Å². The van der Waals surface area contributed by atoms with Gasteiger partial charge in [0.05, 0.1) is 0 Å². The minimum atomic E-state index is -3.56. The van der Waals surface area contributed by atoms with Crippen molar-refractivity contribution in [3.8, 4) is 0 Å². The number of carbonyl (C=O) groups excluding carboxylic acids is 1. The molecule has 0 radical (unpaired) electrons. The van der Waals surface area contributed by atoms with E-state index in [1.54, 1.807) is 28.5 Å². The fourth-order valence-electron chi connectivity index (χ4n) is 3.26. The summed E-state index contributed by atoms with van der Waals surface area (Å²) in [5.41, 5.74) is 2.33. The topological polar surface area (TPSA) is 75.7 Å². The number of benzene rings is 1. The summed E-state index contributed by atoms with van der Waals surface area (Å²) < 4.78 is 33.0. The number of anilines is 2. The van der Waals surface area contributed by atoms with Crippen molar-refractivity contribution in [1.29, 1.82) is 0 Å².